The highest BCUT2D eigenvalue weighted by molar-refractivity contribution is 8.05. The minimum Gasteiger partial charge on any atom is -0.202 e. The first-order valence-electron chi connectivity index (χ1n) is 11.2. The van der Waals surface area contributed by atoms with Crippen LogP contribution in [0.4, 0.5) is 52.7 Å². The summed E-state index contributed by atoms with van der Waals surface area (Å²) in [4.78, 5) is 0. The molecule has 0 saturated heterocycles. The van der Waals surface area contributed by atoms with Crippen LogP contribution in [-0.4, -0.2) is 75.7 Å². The summed E-state index contributed by atoms with van der Waals surface area (Å²) >= 11 is 0. The van der Waals surface area contributed by atoms with Gasteiger partial charge in [0.05, 0.1) is 0 Å². The number of sulfonamides is 4. The minimum absolute atomic E-state index is 0.0680. The molecular weight excluding hydrogens is 704 g/mol. The third-order valence-corrected chi connectivity index (χ3v) is 12.9. The molecule has 0 aromatic carbocycles. The van der Waals surface area contributed by atoms with Crippen molar-refractivity contribution in [2.75, 3.05) is 6.54 Å². The van der Waals surface area contributed by atoms with Crippen LogP contribution in [0, 0.1) is 0 Å². The van der Waals surface area contributed by atoms with E-state index in [1.807, 2.05) is 0 Å². The van der Waals surface area contributed by atoms with Crippen LogP contribution in [0.1, 0.15) is 64.7 Å². The Morgan fingerprint density at radius 2 is 0.786 bits per heavy atom. The van der Waals surface area contributed by atoms with Gasteiger partial charge in [0.15, 0.2) is 0 Å². The van der Waals surface area contributed by atoms with E-state index in [1.54, 1.807) is 6.92 Å². The molecule has 10 nitrogen and oxygen atoms in total. The molecule has 0 radical (unpaired) electrons. The number of hydrogen-bond donors (Lipinski definition) is 0. The smallest absolute Gasteiger partial charge is 0.202 e. The van der Waals surface area contributed by atoms with Gasteiger partial charge in [0.25, 0.3) is 0 Å². The molecule has 0 saturated carbocycles. The maximum absolute atomic E-state index is 13.2. The summed E-state index contributed by atoms with van der Waals surface area (Å²) in [5.41, 5.74) is -26.2. The third kappa shape index (κ3) is 9.44. The van der Waals surface area contributed by atoms with Crippen molar-refractivity contribution in [1.29, 1.82) is 0 Å². The number of unbranched alkanes of at least 4 members (excludes halogenated alkanes) is 5. The molecule has 0 rings (SSSR count). The van der Waals surface area contributed by atoms with Crippen molar-refractivity contribution in [1.82, 2.24) is 7.42 Å². The van der Waals surface area contributed by atoms with Crippen LogP contribution >= 0.6 is 0 Å². The highest BCUT2D eigenvalue weighted by Crippen LogP contribution is 2.39. The molecule has 0 heterocycles. The van der Waals surface area contributed by atoms with E-state index in [2.05, 4.69) is 0 Å². The van der Waals surface area contributed by atoms with Gasteiger partial charge in [-0.25, -0.2) is 33.7 Å². The lowest BCUT2D eigenvalue weighted by molar-refractivity contribution is -0.0553. The van der Waals surface area contributed by atoms with Gasteiger partial charge in [0.1, 0.15) is 0 Å². The van der Waals surface area contributed by atoms with Crippen molar-refractivity contribution >= 4 is 40.1 Å². The Hall–Kier alpha value is -1.12. The molecule has 0 bridgehead atoms. The Labute approximate surface area is 233 Å². The number of rotatable bonds is 16. The highest BCUT2D eigenvalue weighted by atomic mass is 32.3. The molecule has 1 atom stereocenters. The zero-order valence-corrected chi connectivity index (χ0v) is 24.2. The first-order chi connectivity index (χ1) is 18.4. The molecule has 0 aliphatic rings. The van der Waals surface area contributed by atoms with Gasteiger partial charge in [-0.1, -0.05) is 52.9 Å². The zero-order valence-electron chi connectivity index (χ0n) is 21.0. The van der Waals surface area contributed by atoms with Gasteiger partial charge >= 0.3 is 62.1 Å². The normalized spacial score (nSPS) is 15.9. The van der Waals surface area contributed by atoms with Gasteiger partial charge in [-0.15, -0.1) is 0 Å². The summed E-state index contributed by atoms with van der Waals surface area (Å²) in [6.45, 7) is -0.427. The minimum atomic E-state index is -7.24. The number of hydrogen-bond acceptors (Lipinski definition) is 8. The molecule has 254 valence electrons. The van der Waals surface area contributed by atoms with Crippen LogP contribution in [-0.2, 0) is 40.1 Å². The van der Waals surface area contributed by atoms with Crippen molar-refractivity contribution in [3.05, 3.63) is 0 Å². The Kier molecular flexibility index (Phi) is 13.5. The van der Waals surface area contributed by atoms with Crippen LogP contribution in [0.5, 0.6) is 0 Å². The van der Waals surface area contributed by atoms with E-state index in [9.17, 15) is 86.4 Å². The average molecular weight is 729 g/mol. The molecular formula is C16H24F12N2O8S4. The maximum atomic E-state index is 13.2. The predicted molar refractivity (Wildman–Crippen MR) is 119 cm³/mol. The quantitative estimate of drug-likeness (QED) is 0.162. The average Bonchev–Trinajstić information content (AvgIpc) is 2.74. The predicted octanol–water partition coefficient (Wildman–Crippen LogP) is 4.89. The van der Waals surface area contributed by atoms with Crippen LogP contribution in [0.15, 0.2) is 0 Å². The first kappa shape index (κ1) is 40.9. The Morgan fingerprint density at radius 3 is 1.07 bits per heavy atom. The van der Waals surface area contributed by atoms with Crippen molar-refractivity contribution in [3.8, 4) is 0 Å². The van der Waals surface area contributed by atoms with Crippen LogP contribution in [0.3, 0.4) is 0 Å². The molecule has 0 N–H and O–H groups in total. The summed E-state index contributed by atoms with van der Waals surface area (Å²) in [7, 11) is -28.8. The fraction of sp³-hybridized carbons (Fsp3) is 1.00. The van der Waals surface area contributed by atoms with Gasteiger partial charge in [0.2, 0.25) is 0 Å². The van der Waals surface area contributed by atoms with Crippen LogP contribution < -0.4 is 0 Å². The molecule has 0 aromatic rings. The zero-order chi connectivity index (χ0) is 33.8. The van der Waals surface area contributed by atoms with E-state index >= 15 is 0 Å². The molecule has 26 heteroatoms. The topological polar surface area (TPSA) is 143 Å². The van der Waals surface area contributed by atoms with Crippen molar-refractivity contribution in [2.45, 2.75) is 92.8 Å². The van der Waals surface area contributed by atoms with Gasteiger partial charge in [-0.2, -0.15) is 52.7 Å². The maximum Gasteiger partial charge on any atom is 0.512 e. The van der Waals surface area contributed by atoms with E-state index in [1.165, 1.54) is 0 Å². The summed E-state index contributed by atoms with van der Waals surface area (Å²) in [5.74, 6) is 0. The highest BCUT2D eigenvalue weighted by Gasteiger charge is 2.64. The number of alkyl halides is 12. The van der Waals surface area contributed by atoms with E-state index in [0.717, 1.165) is 0 Å². The van der Waals surface area contributed by atoms with Crippen molar-refractivity contribution in [3.63, 3.8) is 0 Å². The summed E-state index contributed by atoms with van der Waals surface area (Å²) in [6, 6.07) is -2.60. The Morgan fingerprint density at radius 1 is 0.476 bits per heavy atom. The van der Waals surface area contributed by atoms with E-state index in [4.69, 9.17) is 0 Å². The summed E-state index contributed by atoms with van der Waals surface area (Å²) in [5, 5.41) is 0. The Balaban J connectivity index is 6.31. The summed E-state index contributed by atoms with van der Waals surface area (Å²) < 4.78 is 246. The fourth-order valence-corrected chi connectivity index (χ4v) is 9.18. The van der Waals surface area contributed by atoms with Crippen molar-refractivity contribution < 1.29 is 86.4 Å². The standard InChI is InChI=1S/C16H24F12N2O8S4/c1-2-3-4-6-9-12(30(41(35,36)15(23,24)25)42(37,38)16(26,27)28)10-7-5-8-11-29(39(31,32)13(17,18)19)40(33,34)14(20,21)22/h12H,2-11H2,1H3. The lowest BCUT2D eigenvalue weighted by Crippen LogP contribution is -2.53. The molecule has 0 spiro atoms. The first-order valence-corrected chi connectivity index (χ1v) is 17.0. The van der Waals surface area contributed by atoms with Gasteiger partial charge < -0.3 is 0 Å². The third-order valence-electron chi connectivity index (χ3n) is 5.25. The number of halogens is 12. The molecule has 0 aromatic heterocycles. The van der Waals surface area contributed by atoms with Gasteiger partial charge in [-0.3, -0.25) is 0 Å². The molecule has 0 fully saturated rings. The van der Waals surface area contributed by atoms with E-state index in [-0.39, 0.29) is 12.8 Å². The van der Waals surface area contributed by atoms with Crippen LogP contribution in [0.2, 0.25) is 0 Å². The lowest BCUT2D eigenvalue weighted by atomic mass is 10.0. The molecule has 42 heavy (non-hydrogen) atoms. The van der Waals surface area contributed by atoms with Gasteiger partial charge in [-0.05, 0) is 19.3 Å². The lowest BCUT2D eigenvalue weighted by Gasteiger charge is -2.31. The fourth-order valence-electron chi connectivity index (χ4n) is 3.29. The molecule has 0 aliphatic carbocycles. The van der Waals surface area contributed by atoms with E-state index in [0.29, 0.717) is 12.8 Å². The second kappa shape index (κ2) is 13.9. The molecule has 0 aliphatic heterocycles. The van der Waals surface area contributed by atoms with Crippen LogP contribution in [0.25, 0.3) is 0 Å². The molecule has 1 unspecified atom stereocenters. The SMILES string of the molecule is CCCCCCC(CCCCCN(S(=O)(=O)C(F)(F)F)S(=O)(=O)C(F)(F)F)N(S(=O)(=O)C(F)(F)F)S(=O)(=O)C(F)(F)F. The molecule has 0 amide bonds. The van der Waals surface area contributed by atoms with E-state index < -0.39 is 114 Å². The Bertz CT molecular complexity index is 1230. The van der Waals surface area contributed by atoms with Crippen molar-refractivity contribution in [2.24, 2.45) is 0 Å². The number of nitrogens with zero attached hydrogens (tertiary/aromatic N) is 2. The largest absolute Gasteiger partial charge is 0.512 e. The second-order valence-corrected chi connectivity index (χ2v) is 16.2. The van der Waals surface area contributed by atoms with Gasteiger partial charge in [0, 0.05) is 12.6 Å². The second-order valence-electron chi connectivity index (χ2n) is 8.38. The monoisotopic (exact) mass is 728 g/mol. The summed E-state index contributed by atoms with van der Waals surface area (Å²) in [6.07, 6.45) is -4.65.